The van der Waals surface area contributed by atoms with Gasteiger partial charge in [0, 0.05) is 6.04 Å². The van der Waals surface area contributed by atoms with Crippen LogP contribution in [0, 0.1) is 5.92 Å². The van der Waals surface area contributed by atoms with E-state index in [4.69, 9.17) is 5.73 Å². The summed E-state index contributed by atoms with van der Waals surface area (Å²) < 4.78 is 0. The first-order valence-corrected chi connectivity index (χ1v) is 3.65. The molecule has 0 aromatic carbocycles. The minimum atomic E-state index is -0.145. The average molecular weight is 129 g/mol. The third kappa shape index (κ3) is 1.43. The first kappa shape index (κ1) is 7.03. The van der Waals surface area contributed by atoms with Crippen LogP contribution >= 0.6 is 0 Å². The molecule has 3 N–H and O–H groups in total. The Labute approximate surface area is 56.1 Å². The number of aliphatic hydroxyl groups excluding tert-OH is 1. The van der Waals surface area contributed by atoms with E-state index < -0.39 is 0 Å². The van der Waals surface area contributed by atoms with Gasteiger partial charge in [-0.25, -0.2) is 0 Å². The van der Waals surface area contributed by atoms with E-state index in [-0.39, 0.29) is 12.1 Å². The fourth-order valence-corrected chi connectivity index (χ4v) is 1.37. The molecule has 3 atom stereocenters. The molecule has 9 heavy (non-hydrogen) atoms. The standard InChI is InChI=1S/C7H15NO/c1-5-6(8)3-2-4-7(5)9/h5-7,9H,2-4,8H2,1H3/t5-,6-,7+/m1/s1. The van der Waals surface area contributed by atoms with E-state index in [1.54, 1.807) is 0 Å². The van der Waals surface area contributed by atoms with Crippen LogP contribution in [-0.2, 0) is 0 Å². The Balaban J connectivity index is 2.41. The summed E-state index contributed by atoms with van der Waals surface area (Å²) in [7, 11) is 0. The van der Waals surface area contributed by atoms with Gasteiger partial charge in [-0.05, 0) is 25.2 Å². The monoisotopic (exact) mass is 129 g/mol. The van der Waals surface area contributed by atoms with Gasteiger partial charge in [-0.1, -0.05) is 6.92 Å². The minimum absolute atomic E-state index is 0.145. The summed E-state index contributed by atoms with van der Waals surface area (Å²) in [6.07, 6.45) is 2.97. The van der Waals surface area contributed by atoms with Crippen LogP contribution in [0.4, 0.5) is 0 Å². The lowest BCUT2D eigenvalue weighted by Crippen LogP contribution is -2.39. The van der Waals surface area contributed by atoms with E-state index in [0.717, 1.165) is 19.3 Å². The van der Waals surface area contributed by atoms with E-state index in [1.165, 1.54) is 0 Å². The number of hydrogen-bond donors (Lipinski definition) is 2. The Morgan fingerprint density at radius 3 is 2.56 bits per heavy atom. The van der Waals surface area contributed by atoms with E-state index in [9.17, 15) is 5.11 Å². The molecule has 0 bridgehead atoms. The zero-order valence-corrected chi connectivity index (χ0v) is 5.88. The van der Waals surface area contributed by atoms with Crippen molar-refractivity contribution in [2.24, 2.45) is 11.7 Å². The van der Waals surface area contributed by atoms with Crippen LogP contribution < -0.4 is 5.73 Å². The van der Waals surface area contributed by atoms with Gasteiger partial charge in [-0.2, -0.15) is 0 Å². The predicted octanol–water partition coefficient (Wildman–Crippen LogP) is 0.495. The highest BCUT2D eigenvalue weighted by Gasteiger charge is 2.24. The molecule has 2 nitrogen and oxygen atoms in total. The van der Waals surface area contributed by atoms with Gasteiger partial charge in [0.25, 0.3) is 0 Å². The van der Waals surface area contributed by atoms with Gasteiger partial charge >= 0.3 is 0 Å². The van der Waals surface area contributed by atoms with Gasteiger partial charge < -0.3 is 10.8 Å². The van der Waals surface area contributed by atoms with Gasteiger partial charge in [-0.15, -0.1) is 0 Å². The molecule has 0 spiro atoms. The average Bonchev–Trinajstić information content (AvgIpc) is 1.83. The van der Waals surface area contributed by atoms with Crippen molar-refractivity contribution in [2.75, 3.05) is 0 Å². The second-order valence-corrected chi connectivity index (χ2v) is 3.02. The first-order chi connectivity index (χ1) is 4.22. The molecular formula is C7H15NO. The lowest BCUT2D eigenvalue weighted by atomic mass is 9.84. The number of aliphatic hydroxyl groups is 1. The topological polar surface area (TPSA) is 46.2 Å². The van der Waals surface area contributed by atoms with Gasteiger partial charge in [0.05, 0.1) is 6.10 Å². The summed E-state index contributed by atoms with van der Waals surface area (Å²) >= 11 is 0. The SMILES string of the molecule is C[C@@H]1[C@H](N)CCC[C@@H]1O. The Bertz CT molecular complexity index is 84.9. The fraction of sp³-hybridized carbons (Fsp3) is 1.00. The molecule has 1 rings (SSSR count). The van der Waals surface area contributed by atoms with Crippen LogP contribution in [0.2, 0.25) is 0 Å². The fourth-order valence-electron chi connectivity index (χ4n) is 1.37. The maximum absolute atomic E-state index is 9.27. The van der Waals surface area contributed by atoms with Crippen molar-refractivity contribution >= 4 is 0 Å². The van der Waals surface area contributed by atoms with Crippen LogP contribution in [0.15, 0.2) is 0 Å². The Morgan fingerprint density at radius 1 is 1.44 bits per heavy atom. The summed E-state index contributed by atoms with van der Waals surface area (Å²) in [4.78, 5) is 0. The highest BCUT2D eigenvalue weighted by molar-refractivity contribution is 4.80. The van der Waals surface area contributed by atoms with Crippen molar-refractivity contribution in [3.05, 3.63) is 0 Å². The van der Waals surface area contributed by atoms with Gasteiger partial charge in [0.15, 0.2) is 0 Å². The van der Waals surface area contributed by atoms with Crippen molar-refractivity contribution in [3.8, 4) is 0 Å². The molecule has 1 aliphatic rings. The molecule has 1 saturated carbocycles. The smallest absolute Gasteiger partial charge is 0.0580 e. The highest BCUT2D eigenvalue weighted by Crippen LogP contribution is 2.22. The molecule has 1 fully saturated rings. The van der Waals surface area contributed by atoms with Crippen molar-refractivity contribution < 1.29 is 5.11 Å². The van der Waals surface area contributed by atoms with Gasteiger partial charge in [0.1, 0.15) is 0 Å². The van der Waals surface area contributed by atoms with Gasteiger partial charge in [0.2, 0.25) is 0 Å². The predicted molar refractivity (Wildman–Crippen MR) is 37.0 cm³/mol. The quantitative estimate of drug-likeness (QED) is 0.500. The molecule has 54 valence electrons. The summed E-state index contributed by atoms with van der Waals surface area (Å²) in [5, 5.41) is 9.27. The molecule has 2 heteroatoms. The number of rotatable bonds is 0. The van der Waals surface area contributed by atoms with Crippen LogP contribution in [0.1, 0.15) is 26.2 Å². The summed E-state index contributed by atoms with van der Waals surface area (Å²) in [6.45, 7) is 2.02. The number of nitrogens with two attached hydrogens (primary N) is 1. The van der Waals surface area contributed by atoms with Crippen molar-refractivity contribution in [3.63, 3.8) is 0 Å². The summed E-state index contributed by atoms with van der Waals surface area (Å²) in [5.41, 5.74) is 5.71. The molecular weight excluding hydrogens is 114 g/mol. The van der Waals surface area contributed by atoms with Crippen LogP contribution in [0.25, 0.3) is 0 Å². The molecule has 0 heterocycles. The van der Waals surface area contributed by atoms with Crippen LogP contribution in [0.3, 0.4) is 0 Å². The van der Waals surface area contributed by atoms with Gasteiger partial charge in [-0.3, -0.25) is 0 Å². The van der Waals surface area contributed by atoms with Crippen molar-refractivity contribution in [2.45, 2.75) is 38.3 Å². The lowest BCUT2D eigenvalue weighted by molar-refractivity contribution is 0.0671. The van der Waals surface area contributed by atoms with Crippen LogP contribution in [0.5, 0.6) is 0 Å². The maximum atomic E-state index is 9.27. The second-order valence-electron chi connectivity index (χ2n) is 3.02. The molecule has 0 aromatic rings. The molecule has 0 unspecified atom stereocenters. The third-order valence-corrected chi connectivity index (χ3v) is 2.32. The molecule has 1 aliphatic carbocycles. The lowest BCUT2D eigenvalue weighted by Gasteiger charge is -2.29. The molecule has 0 aliphatic heterocycles. The molecule has 0 saturated heterocycles. The third-order valence-electron chi connectivity index (χ3n) is 2.32. The van der Waals surface area contributed by atoms with E-state index in [2.05, 4.69) is 0 Å². The number of hydrogen-bond acceptors (Lipinski definition) is 2. The Morgan fingerprint density at radius 2 is 2.11 bits per heavy atom. The van der Waals surface area contributed by atoms with Crippen molar-refractivity contribution in [1.82, 2.24) is 0 Å². The van der Waals surface area contributed by atoms with E-state index in [0.29, 0.717) is 5.92 Å². The Kier molecular flexibility index (Phi) is 2.09. The van der Waals surface area contributed by atoms with Crippen molar-refractivity contribution in [1.29, 1.82) is 0 Å². The molecule has 0 aromatic heterocycles. The molecule has 0 amide bonds. The zero-order chi connectivity index (χ0) is 6.85. The normalized spacial score (nSPS) is 45.0. The van der Waals surface area contributed by atoms with E-state index >= 15 is 0 Å². The second kappa shape index (κ2) is 2.67. The molecule has 0 radical (unpaired) electrons. The zero-order valence-electron chi connectivity index (χ0n) is 5.88. The van der Waals surface area contributed by atoms with E-state index in [1.807, 2.05) is 6.92 Å². The Hall–Kier alpha value is -0.0800. The minimum Gasteiger partial charge on any atom is -0.393 e. The summed E-state index contributed by atoms with van der Waals surface area (Å²) in [6, 6.07) is 0.230. The maximum Gasteiger partial charge on any atom is 0.0580 e. The highest BCUT2D eigenvalue weighted by atomic mass is 16.3. The first-order valence-electron chi connectivity index (χ1n) is 3.65. The van der Waals surface area contributed by atoms with Crippen LogP contribution in [-0.4, -0.2) is 17.3 Å². The largest absolute Gasteiger partial charge is 0.393 e. The summed E-state index contributed by atoms with van der Waals surface area (Å²) in [5.74, 6) is 0.304.